The van der Waals surface area contributed by atoms with Crippen molar-refractivity contribution < 1.29 is 8.83 Å². The highest BCUT2D eigenvalue weighted by molar-refractivity contribution is 6.12. The van der Waals surface area contributed by atoms with E-state index in [0.29, 0.717) is 5.89 Å². The molecule has 2 aromatic heterocycles. The monoisotopic (exact) mass is 680 g/mol. The van der Waals surface area contributed by atoms with E-state index in [9.17, 15) is 0 Å². The topological polar surface area (TPSA) is 42.4 Å². The molecular formula is C49H32N2O2. The van der Waals surface area contributed by atoms with Crippen LogP contribution in [-0.4, -0.2) is 4.98 Å². The highest BCUT2D eigenvalue weighted by atomic mass is 16.4. The molecule has 0 aliphatic rings. The number of fused-ring (bicyclic) bond motifs is 4. The zero-order valence-corrected chi connectivity index (χ0v) is 28.7. The van der Waals surface area contributed by atoms with Crippen LogP contribution in [0.3, 0.4) is 0 Å². The van der Waals surface area contributed by atoms with E-state index in [1.165, 1.54) is 16.7 Å². The van der Waals surface area contributed by atoms with E-state index in [0.717, 1.165) is 72.4 Å². The Labute approximate surface area is 306 Å². The first-order valence-electron chi connectivity index (χ1n) is 17.8. The fourth-order valence-corrected chi connectivity index (χ4v) is 7.27. The molecule has 10 rings (SSSR count). The molecule has 4 heteroatoms. The summed E-state index contributed by atoms with van der Waals surface area (Å²) in [5.41, 5.74) is 14.2. The van der Waals surface area contributed by atoms with Gasteiger partial charge in [0, 0.05) is 45.0 Å². The number of nitrogens with zero attached hydrogens (tertiary/aromatic N) is 2. The zero-order valence-electron chi connectivity index (χ0n) is 28.7. The molecule has 8 aromatic carbocycles. The Kier molecular flexibility index (Phi) is 7.43. The van der Waals surface area contributed by atoms with Gasteiger partial charge in [-0.15, -0.1) is 0 Å². The molecule has 0 spiro atoms. The van der Waals surface area contributed by atoms with Gasteiger partial charge >= 0.3 is 0 Å². The lowest BCUT2D eigenvalue weighted by molar-refractivity contribution is 0.620. The minimum Gasteiger partial charge on any atom is -0.455 e. The van der Waals surface area contributed by atoms with Gasteiger partial charge < -0.3 is 13.7 Å². The van der Waals surface area contributed by atoms with Gasteiger partial charge in [0.25, 0.3) is 0 Å². The van der Waals surface area contributed by atoms with Crippen molar-refractivity contribution >= 4 is 50.1 Å². The first-order chi connectivity index (χ1) is 26.2. The first-order valence-corrected chi connectivity index (χ1v) is 17.8. The molecule has 0 unspecified atom stereocenters. The van der Waals surface area contributed by atoms with Gasteiger partial charge in [-0.05, 0) is 82.4 Å². The van der Waals surface area contributed by atoms with Crippen molar-refractivity contribution in [2.24, 2.45) is 0 Å². The van der Waals surface area contributed by atoms with Crippen LogP contribution >= 0.6 is 0 Å². The van der Waals surface area contributed by atoms with E-state index >= 15 is 0 Å². The first kappa shape index (κ1) is 30.6. The lowest BCUT2D eigenvalue weighted by atomic mass is 9.99. The average molecular weight is 681 g/mol. The molecule has 2 heterocycles. The summed E-state index contributed by atoms with van der Waals surface area (Å²) in [7, 11) is 0. The standard InChI is InChI=1S/C49H32N2O2/c1-4-12-33(13-5-1)34-22-24-35(25-23-34)38-16-10-19-41(30-38)51(39-17-8-3-9-18-39)40-28-26-36(27-29-40)42-20-11-21-43-44-31-47-45(32-46(44)52-48(42)43)50-49(53-47)37-14-6-2-7-15-37/h1-32H. The van der Waals surface area contributed by atoms with E-state index in [4.69, 9.17) is 13.8 Å². The second kappa shape index (κ2) is 12.9. The summed E-state index contributed by atoms with van der Waals surface area (Å²) >= 11 is 0. The van der Waals surface area contributed by atoms with Gasteiger partial charge in [0.2, 0.25) is 5.89 Å². The molecule has 0 aliphatic heterocycles. The molecule has 4 nitrogen and oxygen atoms in total. The van der Waals surface area contributed by atoms with Gasteiger partial charge in [-0.3, -0.25) is 0 Å². The Morgan fingerprint density at radius 2 is 0.925 bits per heavy atom. The second-order valence-electron chi connectivity index (χ2n) is 13.2. The number of aromatic nitrogens is 1. The summed E-state index contributed by atoms with van der Waals surface area (Å²) in [6.07, 6.45) is 0. The molecular weight excluding hydrogens is 649 g/mol. The van der Waals surface area contributed by atoms with Crippen molar-refractivity contribution in [1.29, 1.82) is 0 Å². The molecule has 0 radical (unpaired) electrons. The third kappa shape index (κ3) is 5.63. The van der Waals surface area contributed by atoms with Gasteiger partial charge in [0.05, 0.1) is 0 Å². The Bertz CT molecular complexity index is 2860. The molecule has 0 saturated heterocycles. The van der Waals surface area contributed by atoms with Crippen LogP contribution in [0.5, 0.6) is 0 Å². The van der Waals surface area contributed by atoms with Gasteiger partial charge in [-0.1, -0.05) is 133 Å². The molecule has 53 heavy (non-hydrogen) atoms. The summed E-state index contributed by atoms with van der Waals surface area (Å²) in [5, 5.41) is 2.05. The minimum atomic E-state index is 0.604. The maximum Gasteiger partial charge on any atom is 0.227 e. The number of anilines is 3. The van der Waals surface area contributed by atoms with E-state index in [1.54, 1.807) is 0 Å². The molecule has 0 N–H and O–H groups in total. The van der Waals surface area contributed by atoms with Crippen LogP contribution < -0.4 is 4.90 Å². The van der Waals surface area contributed by atoms with Crippen molar-refractivity contribution in [2.75, 3.05) is 4.90 Å². The minimum absolute atomic E-state index is 0.604. The quantitative estimate of drug-likeness (QED) is 0.168. The second-order valence-corrected chi connectivity index (χ2v) is 13.2. The third-order valence-corrected chi connectivity index (χ3v) is 9.91. The summed E-state index contributed by atoms with van der Waals surface area (Å²) in [5.74, 6) is 0.604. The van der Waals surface area contributed by atoms with Crippen molar-refractivity contribution in [3.8, 4) is 44.8 Å². The zero-order chi connectivity index (χ0) is 35.1. The van der Waals surface area contributed by atoms with Gasteiger partial charge in [0.1, 0.15) is 16.7 Å². The van der Waals surface area contributed by atoms with Crippen LogP contribution in [0, 0.1) is 0 Å². The van der Waals surface area contributed by atoms with Crippen LogP contribution in [0.4, 0.5) is 17.1 Å². The van der Waals surface area contributed by atoms with Crippen LogP contribution in [-0.2, 0) is 0 Å². The van der Waals surface area contributed by atoms with E-state index < -0.39 is 0 Å². The summed E-state index contributed by atoms with van der Waals surface area (Å²) in [4.78, 5) is 7.07. The van der Waals surface area contributed by atoms with Crippen LogP contribution in [0.25, 0.3) is 77.9 Å². The van der Waals surface area contributed by atoms with E-state index in [-0.39, 0.29) is 0 Å². The maximum absolute atomic E-state index is 6.57. The van der Waals surface area contributed by atoms with Crippen LogP contribution in [0.2, 0.25) is 0 Å². The van der Waals surface area contributed by atoms with Crippen molar-refractivity contribution in [3.05, 3.63) is 194 Å². The smallest absolute Gasteiger partial charge is 0.227 e. The maximum atomic E-state index is 6.57. The lowest BCUT2D eigenvalue weighted by Gasteiger charge is -2.26. The number of para-hydroxylation sites is 2. The predicted molar refractivity (Wildman–Crippen MR) is 218 cm³/mol. The fraction of sp³-hybridized carbons (Fsp3) is 0. The van der Waals surface area contributed by atoms with Gasteiger partial charge in [-0.2, -0.15) is 0 Å². The largest absolute Gasteiger partial charge is 0.455 e. The third-order valence-electron chi connectivity index (χ3n) is 9.91. The van der Waals surface area contributed by atoms with Crippen molar-refractivity contribution in [2.45, 2.75) is 0 Å². The highest BCUT2D eigenvalue weighted by Crippen LogP contribution is 2.41. The van der Waals surface area contributed by atoms with Crippen molar-refractivity contribution in [1.82, 2.24) is 4.98 Å². The Morgan fingerprint density at radius 1 is 0.358 bits per heavy atom. The van der Waals surface area contributed by atoms with Gasteiger partial charge in [0.15, 0.2) is 5.58 Å². The molecule has 250 valence electrons. The number of hydrogen-bond donors (Lipinski definition) is 0. The number of benzene rings is 8. The fourth-order valence-electron chi connectivity index (χ4n) is 7.27. The summed E-state index contributed by atoms with van der Waals surface area (Å²) < 4.78 is 12.8. The Morgan fingerprint density at radius 3 is 1.66 bits per heavy atom. The molecule has 0 aliphatic carbocycles. The molecule has 0 amide bonds. The summed E-state index contributed by atoms with van der Waals surface area (Å²) in [6, 6.07) is 67.6. The molecule has 0 bridgehead atoms. The van der Waals surface area contributed by atoms with Crippen LogP contribution in [0.1, 0.15) is 0 Å². The SMILES string of the molecule is c1ccc(-c2ccc(-c3cccc(N(c4ccccc4)c4ccc(-c5cccc6c5oc5cc7nc(-c8ccccc8)oc7cc56)cc4)c3)cc2)cc1. The highest BCUT2D eigenvalue weighted by Gasteiger charge is 2.18. The number of rotatable bonds is 7. The van der Waals surface area contributed by atoms with Crippen LogP contribution in [0.15, 0.2) is 203 Å². The van der Waals surface area contributed by atoms with E-state index in [2.05, 4.69) is 150 Å². The number of hydrogen-bond acceptors (Lipinski definition) is 4. The lowest BCUT2D eigenvalue weighted by Crippen LogP contribution is -2.09. The number of oxazole rings is 1. The van der Waals surface area contributed by atoms with Crippen molar-refractivity contribution in [3.63, 3.8) is 0 Å². The Balaban J connectivity index is 0.999. The predicted octanol–water partition coefficient (Wildman–Crippen LogP) is 13.9. The average Bonchev–Trinajstić information content (AvgIpc) is 3.82. The molecule has 0 atom stereocenters. The summed E-state index contributed by atoms with van der Waals surface area (Å²) in [6.45, 7) is 0. The number of furan rings is 1. The molecule has 10 aromatic rings. The van der Waals surface area contributed by atoms with E-state index in [1.807, 2.05) is 48.5 Å². The molecule has 0 fully saturated rings. The Hall–Kier alpha value is -7.17. The normalized spacial score (nSPS) is 11.4. The van der Waals surface area contributed by atoms with Gasteiger partial charge in [-0.25, -0.2) is 4.98 Å². The molecule has 0 saturated carbocycles.